The number of rotatable bonds is 3. The van der Waals surface area contributed by atoms with Crippen LogP contribution in [0.4, 0.5) is 5.95 Å². The van der Waals surface area contributed by atoms with E-state index in [4.69, 9.17) is 0 Å². The second-order valence-corrected chi connectivity index (χ2v) is 5.40. The molecule has 0 aliphatic rings. The lowest BCUT2D eigenvalue weighted by atomic mass is 9.89. The Morgan fingerprint density at radius 1 is 1.40 bits per heavy atom. The third-order valence-corrected chi connectivity index (χ3v) is 2.48. The molecule has 0 saturated carbocycles. The molecule has 15 heavy (non-hydrogen) atoms. The van der Waals surface area contributed by atoms with Crippen LogP contribution in [0.5, 0.6) is 0 Å². The molecule has 0 radical (unpaired) electrons. The van der Waals surface area contributed by atoms with E-state index in [0.29, 0.717) is 12.5 Å². The molecular weight excluding hydrogens is 258 g/mol. The summed E-state index contributed by atoms with van der Waals surface area (Å²) < 4.78 is 0.837. The van der Waals surface area contributed by atoms with Gasteiger partial charge < -0.3 is 10.4 Å². The van der Waals surface area contributed by atoms with Crippen LogP contribution in [0.15, 0.2) is 16.9 Å². The van der Waals surface area contributed by atoms with Gasteiger partial charge in [0.15, 0.2) is 0 Å². The van der Waals surface area contributed by atoms with Crippen LogP contribution in [0.3, 0.4) is 0 Å². The maximum atomic E-state index is 9.77. The molecule has 0 aliphatic carbocycles. The van der Waals surface area contributed by atoms with Crippen LogP contribution < -0.4 is 5.32 Å². The topological polar surface area (TPSA) is 58.0 Å². The molecule has 0 saturated heterocycles. The van der Waals surface area contributed by atoms with Crippen molar-refractivity contribution in [3.05, 3.63) is 16.9 Å². The zero-order valence-corrected chi connectivity index (χ0v) is 10.7. The second-order valence-electron chi connectivity index (χ2n) is 4.49. The van der Waals surface area contributed by atoms with E-state index in [1.165, 1.54) is 0 Å². The first kappa shape index (κ1) is 12.4. The predicted molar refractivity (Wildman–Crippen MR) is 63.7 cm³/mol. The van der Waals surface area contributed by atoms with Crippen LogP contribution in [0.25, 0.3) is 0 Å². The summed E-state index contributed by atoms with van der Waals surface area (Å²) in [6, 6.07) is 0. The lowest BCUT2D eigenvalue weighted by Crippen LogP contribution is -2.33. The molecule has 0 amide bonds. The largest absolute Gasteiger partial charge is 0.391 e. The van der Waals surface area contributed by atoms with Crippen LogP contribution in [0.1, 0.15) is 20.8 Å². The third kappa shape index (κ3) is 4.13. The van der Waals surface area contributed by atoms with E-state index in [9.17, 15) is 5.11 Å². The number of halogens is 1. The van der Waals surface area contributed by atoms with Crippen molar-refractivity contribution >= 4 is 21.9 Å². The van der Waals surface area contributed by atoms with E-state index in [1.54, 1.807) is 12.4 Å². The van der Waals surface area contributed by atoms with Gasteiger partial charge in [-0.1, -0.05) is 20.8 Å². The number of nitrogens with one attached hydrogen (secondary N) is 1. The molecule has 4 nitrogen and oxygen atoms in total. The van der Waals surface area contributed by atoms with Crippen LogP contribution in [0.2, 0.25) is 0 Å². The molecule has 0 spiro atoms. The standard InChI is InChI=1S/C10H16BrN3O/c1-10(2,3)8(15)6-14-9-12-4-7(11)5-13-9/h4-5,8,15H,6H2,1-3H3,(H,12,13,14)/t8-/m0/s1. The molecule has 1 aromatic heterocycles. The fourth-order valence-corrected chi connectivity index (χ4v) is 1.10. The van der Waals surface area contributed by atoms with E-state index in [0.717, 1.165) is 4.47 Å². The van der Waals surface area contributed by atoms with Crippen molar-refractivity contribution in [2.75, 3.05) is 11.9 Å². The van der Waals surface area contributed by atoms with Gasteiger partial charge in [0.05, 0.1) is 10.6 Å². The maximum absolute atomic E-state index is 9.77. The summed E-state index contributed by atoms with van der Waals surface area (Å²) in [6.45, 7) is 6.41. The fourth-order valence-electron chi connectivity index (χ4n) is 0.898. The Kier molecular flexibility index (Phi) is 4.04. The van der Waals surface area contributed by atoms with E-state index >= 15 is 0 Å². The van der Waals surface area contributed by atoms with E-state index in [1.807, 2.05) is 20.8 Å². The third-order valence-electron chi connectivity index (χ3n) is 2.07. The Labute approximate surface area is 98.3 Å². The number of anilines is 1. The van der Waals surface area contributed by atoms with Gasteiger partial charge in [-0.3, -0.25) is 0 Å². The Bertz CT molecular complexity index is 307. The van der Waals surface area contributed by atoms with Gasteiger partial charge in [0.2, 0.25) is 5.95 Å². The summed E-state index contributed by atoms with van der Waals surface area (Å²) >= 11 is 3.26. The molecule has 1 aromatic rings. The number of aliphatic hydroxyl groups is 1. The van der Waals surface area contributed by atoms with Gasteiger partial charge >= 0.3 is 0 Å². The summed E-state index contributed by atoms with van der Waals surface area (Å²) in [5, 5.41) is 12.8. The molecule has 0 bridgehead atoms. The van der Waals surface area contributed by atoms with E-state index in [2.05, 4.69) is 31.2 Å². The molecule has 2 N–H and O–H groups in total. The minimum atomic E-state index is -0.426. The summed E-state index contributed by atoms with van der Waals surface area (Å²) in [7, 11) is 0. The highest BCUT2D eigenvalue weighted by Gasteiger charge is 2.21. The van der Waals surface area contributed by atoms with Gasteiger partial charge in [-0.15, -0.1) is 0 Å². The molecule has 0 fully saturated rings. The molecule has 1 heterocycles. The number of aliphatic hydroxyl groups excluding tert-OH is 1. The number of hydrogen-bond acceptors (Lipinski definition) is 4. The van der Waals surface area contributed by atoms with Crippen molar-refractivity contribution in [2.45, 2.75) is 26.9 Å². The van der Waals surface area contributed by atoms with Crippen LogP contribution >= 0.6 is 15.9 Å². The normalized spacial score (nSPS) is 13.7. The Balaban J connectivity index is 2.47. The number of aromatic nitrogens is 2. The first-order valence-electron chi connectivity index (χ1n) is 4.79. The van der Waals surface area contributed by atoms with Crippen molar-refractivity contribution in [1.29, 1.82) is 0 Å². The van der Waals surface area contributed by atoms with Gasteiger partial charge in [-0.05, 0) is 21.3 Å². The average Bonchev–Trinajstić information content (AvgIpc) is 2.15. The van der Waals surface area contributed by atoms with Crippen LogP contribution in [0, 0.1) is 5.41 Å². The molecule has 5 heteroatoms. The van der Waals surface area contributed by atoms with Gasteiger partial charge in [-0.25, -0.2) is 9.97 Å². The first-order chi connectivity index (χ1) is 6.89. The zero-order chi connectivity index (χ0) is 11.5. The lowest BCUT2D eigenvalue weighted by Gasteiger charge is -2.25. The van der Waals surface area contributed by atoms with Crippen molar-refractivity contribution in [3.8, 4) is 0 Å². The number of hydrogen-bond donors (Lipinski definition) is 2. The van der Waals surface area contributed by atoms with Crippen LogP contribution in [-0.4, -0.2) is 27.7 Å². The Morgan fingerprint density at radius 2 is 1.93 bits per heavy atom. The molecule has 0 unspecified atom stereocenters. The maximum Gasteiger partial charge on any atom is 0.222 e. The quantitative estimate of drug-likeness (QED) is 0.885. The highest BCUT2D eigenvalue weighted by atomic mass is 79.9. The number of nitrogens with zero attached hydrogens (tertiary/aromatic N) is 2. The SMILES string of the molecule is CC(C)(C)[C@@H](O)CNc1ncc(Br)cn1. The van der Waals surface area contributed by atoms with Gasteiger partial charge in [0, 0.05) is 18.9 Å². The summed E-state index contributed by atoms with van der Waals surface area (Å²) in [6.07, 6.45) is 2.90. The highest BCUT2D eigenvalue weighted by molar-refractivity contribution is 9.10. The monoisotopic (exact) mass is 273 g/mol. The summed E-state index contributed by atoms with van der Waals surface area (Å²) in [4.78, 5) is 8.10. The van der Waals surface area contributed by atoms with E-state index in [-0.39, 0.29) is 5.41 Å². The summed E-state index contributed by atoms with van der Waals surface area (Å²) in [5.74, 6) is 0.529. The Morgan fingerprint density at radius 3 is 2.40 bits per heavy atom. The van der Waals surface area contributed by atoms with Gasteiger partial charge in [0.1, 0.15) is 0 Å². The molecule has 84 valence electrons. The zero-order valence-electron chi connectivity index (χ0n) is 9.16. The smallest absolute Gasteiger partial charge is 0.222 e. The van der Waals surface area contributed by atoms with Gasteiger partial charge in [0.25, 0.3) is 0 Å². The molecule has 1 rings (SSSR count). The van der Waals surface area contributed by atoms with Crippen molar-refractivity contribution < 1.29 is 5.11 Å². The lowest BCUT2D eigenvalue weighted by molar-refractivity contribution is 0.0744. The van der Waals surface area contributed by atoms with Crippen molar-refractivity contribution in [2.24, 2.45) is 5.41 Å². The molecule has 0 aromatic carbocycles. The predicted octanol–water partition coefficient (Wildman–Crippen LogP) is 2.06. The van der Waals surface area contributed by atoms with Crippen molar-refractivity contribution in [1.82, 2.24) is 9.97 Å². The van der Waals surface area contributed by atoms with Crippen molar-refractivity contribution in [3.63, 3.8) is 0 Å². The molecular formula is C10H16BrN3O. The first-order valence-corrected chi connectivity index (χ1v) is 5.58. The van der Waals surface area contributed by atoms with Gasteiger partial charge in [-0.2, -0.15) is 0 Å². The Hall–Kier alpha value is -0.680. The summed E-state index contributed by atoms with van der Waals surface area (Å²) in [5.41, 5.74) is -0.137. The minimum Gasteiger partial charge on any atom is -0.391 e. The minimum absolute atomic E-state index is 0.137. The van der Waals surface area contributed by atoms with E-state index < -0.39 is 6.10 Å². The highest BCUT2D eigenvalue weighted by Crippen LogP contribution is 2.19. The second kappa shape index (κ2) is 4.90. The molecule has 0 aliphatic heterocycles. The molecule has 1 atom stereocenters. The fraction of sp³-hybridized carbons (Fsp3) is 0.600. The van der Waals surface area contributed by atoms with Crippen LogP contribution in [-0.2, 0) is 0 Å². The average molecular weight is 274 g/mol.